The normalized spacial score (nSPS) is 19.2. The van der Waals surface area contributed by atoms with E-state index in [0.717, 1.165) is 59.8 Å². The minimum Gasteiger partial charge on any atom is -0.378 e. The highest BCUT2D eigenvalue weighted by molar-refractivity contribution is 5.77. The summed E-state index contributed by atoms with van der Waals surface area (Å²) in [7, 11) is 0. The van der Waals surface area contributed by atoms with Crippen LogP contribution >= 0.6 is 0 Å². The summed E-state index contributed by atoms with van der Waals surface area (Å²) in [6, 6.07) is 6.19. The Morgan fingerprint density at radius 3 is 2.89 bits per heavy atom. The molecule has 3 heterocycles. The van der Waals surface area contributed by atoms with E-state index in [4.69, 9.17) is 9.26 Å². The molecule has 0 radical (unpaired) electrons. The molecule has 2 aliphatic rings. The number of hydrogen-bond donors (Lipinski definition) is 1. The summed E-state index contributed by atoms with van der Waals surface area (Å²) in [6.07, 6.45) is 4.52. The van der Waals surface area contributed by atoms with Gasteiger partial charge < -0.3 is 19.5 Å². The Kier molecular flexibility index (Phi) is 5.16. The van der Waals surface area contributed by atoms with Crippen LogP contribution in [0.2, 0.25) is 0 Å². The third-order valence-corrected chi connectivity index (χ3v) is 5.61. The van der Waals surface area contributed by atoms with E-state index in [2.05, 4.69) is 36.5 Å². The van der Waals surface area contributed by atoms with E-state index >= 15 is 0 Å². The molecule has 0 spiro atoms. The van der Waals surface area contributed by atoms with E-state index in [1.807, 2.05) is 11.0 Å². The zero-order chi connectivity index (χ0) is 18.8. The predicted molar refractivity (Wildman–Crippen MR) is 103 cm³/mol. The van der Waals surface area contributed by atoms with Gasteiger partial charge in [-0.05, 0) is 44.2 Å². The molecule has 1 amide bonds. The fraction of sp³-hybridized carbons (Fsp3) is 0.524. The molecule has 27 heavy (non-hydrogen) atoms. The summed E-state index contributed by atoms with van der Waals surface area (Å²) in [4.78, 5) is 14.6. The van der Waals surface area contributed by atoms with Crippen LogP contribution in [0.4, 0.5) is 11.5 Å². The maximum absolute atomic E-state index is 12.7. The summed E-state index contributed by atoms with van der Waals surface area (Å²) in [5.41, 5.74) is 4.36. The Bertz CT molecular complexity index is 804. The summed E-state index contributed by atoms with van der Waals surface area (Å²) in [5.74, 6) is 1.79. The van der Waals surface area contributed by atoms with Crippen LogP contribution in [-0.4, -0.2) is 35.2 Å². The molecule has 2 aliphatic heterocycles. The number of nitrogens with one attached hydrogen (secondary N) is 1. The average molecular weight is 369 g/mol. The van der Waals surface area contributed by atoms with Gasteiger partial charge in [-0.3, -0.25) is 4.79 Å². The Morgan fingerprint density at radius 2 is 2.15 bits per heavy atom. The second-order valence-corrected chi connectivity index (χ2v) is 7.56. The Hall–Kier alpha value is -2.34. The predicted octanol–water partition coefficient (Wildman–Crippen LogP) is 3.88. The SMILES string of the molecule is Cc1cccc(C)c1Nc1noc2c1CN(C(=O)CC[C@@H]1CCCO1)CC2. The van der Waals surface area contributed by atoms with Crippen LogP contribution in [0.3, 0.4) is 0 Å². The van der Waals surface area contributed by atoms with Crippen molar-refractivity contribution in [3.8, 4) is 0 Å². The fourth-order valence-corrected chi connectivity index (χ4v) is 3.96. The van der Waals surface area contributed by atoms with Crippen LogP contribution in [0.1, 0.15) is 48.1 Å². The minimum atomic E-state index is 0.190. The first-order chi connectivity index (χ1) is 13.1. The van der Waals surface area contributed by atoms with Crippen molar-refractivity contribution in [2.75, 3.05) is 18.5 Å². The number of nitrogens with zero attached hydrogens (tertiary/aromatic N) is 2. The zero-order valence-electron chi connectivity index (χ0n) is 16.1. The quantitative estimate of drug-likeness (QED) is 0.866. The Morgan fingerprint density at radius 1 is 1.33 bits per heavy atom. The van der Waals surface area contributed by atoms with Crippen LogP contribution in [-0.2, 0) is 22.5 Å². The second-order valence-electron chi connectivity index (χ2n) is 7.56. The van der Waals surface area contributed by atoms with Crippen LogP contribution in [0, 0.1) is 13.8 Å². The second kappa shape index (κ2) is 7.72. The van der Waals surface area contributed by atoms with Gasteiger partial charge in [-0.2, -0.15) is 0 Å². The van der Waals surface area contributed by atoms with Crippen molar-refractivity contribution in [1.29, 1.82) is 0 Å². The van der Waals surface area contributed by atoms with Crippen LogP contribution in [0.25, 0.3) is 0 Å². The molecule has 1 fully saturated rings. The number of aryl methyl sites for hydroxylation is 2. The van der Waals surface area contributed by atoms with Gasteiger partial charge in [-0.1, -0.05) is 23.4 Å². The molecular formula is C21H27N3O3. The average Bonchev–Trinajstić information content (AvgIpc) is 3.32. The molecule has 2 aromatic rings. The first-order valence-corrected chi connectivity index (χ1v) is 9.82. The highest BCUT2D eigenvalue weighted by atomic mass is 16.5. The van der Waals surface area contributed by atoms with E-state index < -0.39 is 0 Å². The molecule has 0 saturated carbocycles. The van der Waals surface area contributed by atoms with E-state index in [-0.39, 0.29) is 12.0 Å². The van der Waals surface area contributed by atoms with Gasteiger partial charge in [0.1, 0.15) is 5.76 Å². The van der Waals surface area contributed by atoms with Crippen LogP contribution in [0.5, 0.6) is 0 Å². The number of carbonyl (C=O) groups is 1. The lowest BCUT2D eigenvalue weighted by atomic mass is 10.1. The van der Waals surface area contributed by atoms with Gasteiger partial charge in [-0.25, -0.2) is 0 Å². The molecule has 0 bridgehead atoms. The van der Waals surface area contributed by atoms with E-state index in [1.165, 1.54) is 0 Å². The smallest absolute Gasteiger partial charge is 0.222 e. The van der Waals surface area contributed by atoms with E-state index in [1.54, 1.807) is 0 Å². The van der Waals surface area contributed by atoms with Crippen molar-refractivity contribution in [3.63, 3.8) is 0 Å². The molecule has 1 aromatic heterocycles. The molecule has 0 aliphatic carbocycles. The molecule has 6 heteroatoms. The molecule has 4 rings (SSSR count). The minimum absolute atomic E-state index is 0.190. The maximum Gasteiger partial charge on any atom is 0.222 e. The molecule has 1 aromatic carbocycles. The van der Waals surface area contributed by atoms with Crippen molar-refractivity contribution >= 4 is 17.4 Å². The topological polar surface area (TPSA) is 67.6 Å². The molecule has 1 atom stereocenters. The van der Waals surface area contributed by atoms with Gasteiger partial charge in [0.15, 0.2) is 5.82 Å². The molecular weight excluding hydrogens is 342 g/mol. The number of aromatic nitrogens is 1. The zero-order valence-corrected chi connectivity index (χ0v) is 16.1. The monoisotopic (exact) mass is 369 g/mol. The first kappa shape index (κ1) is 18.0. The molecule has 0 unspecified atom stereocenters. The first-order valence-electron chi connectivity index (χ1n) is 9.82. The number of carbonyl (C=O) groups excluding carboxylic acids is 1. The number of amides is 1. The lowest BCUT2D eigenvalue weighted by Crippen LogP contribution is -2.36. The van der Waals surface area contributed by atoms with Gasteiger partial charge in [0, 0.05) is 31.7 Å². The lowest BCUT2D eigenvalue weighted by Gasteiger charge is -2.27. The third-order valence-electron chi connectivity index (χ3n) is 5.61. The van der Waals surface area contributed by atoms with Crippen molar-refractivity contribution in [2.24, 2.45) is 0 Å². The molecule has 1 saturated heterocycles. The highest BCUT2D eigenvalue weighted by Gasteiger charge is 2.28. The van der Waals surface area contributed by atoms with Gasteiger partial charge in [0.25, 0.3) is 0 Å². The fourth-order valence-electron chi connectivity index (χ4n) is 3.96. The van der Waals surface area contributed by atoms with Crippen molar-refractivity contribution < 1.29 is 14.1 Å². The Balaban J connectivity index is 1.44. The standard InChI is InChI=1S/C21H27N3O3/c1-14-5-3-6-15(2)20(14)22-21-17-13-24(11-10-18(17)27-23-21)19(25)9-8-16-7-4-12-26-16/h3,5-6,16H,4,7-13H2,1-2H3,(H,22,23)/t16-/m0/s1. The van der Waals surface area contributed by atoms with Gasteiger partial charge in [0.05, 0.1) is 18.2 Å². The number of benzene rings is 1. The van der Waals surface area contributed by atoms with Crippen LogP contribution in [0.15, 0.2) is 22.7 Å². The number of rotatable bonds is 5. The van der Waals surface area contributed by atoms with Gasteiger partial charge in [-0.15, -0.1) is 0 Å². The largest absolute Gasteiger partial charge is 0.378 e. The van der Waals surface area contributed by atoms with Crippen LogP contribution < -0.4 is 5.32 Å². The molecule has 1 N–H and O–H groups in total. The number of hydrogen-bond acceptors (Lipinski definition) is 5. The molecule has 144 valence electrons. The highest BCUT2D eigenvalue weighted by Crippen LogP contribution is 2.31. The van der Waals surface area contributed by atoms with Crippen molar-refractivity contribution in [3.05, 3.63) is 40.6 Å². The Labute approximate surface area is 159 Å². The summed E-state index contributed by atoms with van der Waals surface area (Å²) in [6.45, 7) is 6.22. The van der Waals surface area contributed by atoms with E-state index in [0.29, 0.717) is 25.9 Å². The number of ether oxygens (including phenoxy) is 1. The summed E-state index contributed by atoms with van der Waals surface area (Å²) < 4.78 is 11.2. The third kappa shape index (κ3) is 3.86. The number of fused-ring (bicyclic) bond motifs is 1. The summed E-state index contributed by atoms with van der Waals surface area (Å²) in [5, 5.41) is 7.66. The number of anilines is 2. The maximum atomic E-state index is 12.7. The van der Waals surface area contributed by atoms with Crippen molar-refractivity contribution in [1.82, 2.24) is 10.1 Å². The molecule has 6 nitrogen and oxygen atoms in total. The van der Waals surface area contributed by atoms with Gasteiger partial charge >= 0.3 is 0 Å². The summed E-state index contributed by atoms with van der Waals surface area (Å²) >= 11 is 0. The van der Waals surface area contributed by atoms with Gasteiger partial charge in [0.2, 0.25) is 5.91 Å². The van der Waals surface area contributed by atoms with E-state index in [9.17, 15) is 4.79 Å². The lowest BCUT2D eigenvalue weighted by molar-refractivity contribution is -0.132. The van der Waals surface area contributed by atoms with Crippen molar-refractivity contribution in [2.45, 2.75) is 58.6 Å². The number of para-hydroxylation sites is 1.